The molecule has 0 aliphatic rings. The lowest BCUT2D eigenvalue weighted by atomic mass is 9.91. The zero-order valence-corrected chi connectivity index (χ0v) is 28.2. The Kier molecular flexibility index (Phi) is 7.14. The van der Waals surface area contributed by atoms with Crippen LogP contribution in [0.5, 0.6) is 0 Å². The van der Waals surface area contributed by atoms with Gasteiger partial charge in [0.05, 0.1) is 11.4 Å². The molecule has 0 unspecified atom stereocenters. The van der Waals surface area contributed by atoms with E-state index in [2.05, 4.69) is 174 Å². The number of aromatic nitrogens is 3. The van der Waals surface area contributed by atoms with Crippen LogP contribution in [0.4, 0.5) is 0 Å². The lowest BCUT2D eigenvalue weighted by Crippen LogP contribution is -1.94. The molecule has 10 rings (SSSR count). The molecule has 242 valence electrons. The summed E-state index contributed by atoms with van der Waals surface area (Å²) in [6.07, 6.45) is 7.83. The molecule has 0 aliphatic carbocycles. The van der Waals surface area contributed by atoms with Crippen molar-refractivity contribution in [2.75, 3.05) is 0 Å². The van der Waals surface area contributed by atoms with Gasteiger partial charge in [0.15, 0.2) is 0 Å². The second-order valence-corrected chi connectivity index (χ2v) is 13.3. The molecular weight excluding hydrogens is 631 g/mol. The Morgan fingerprint density at radius 1 is 0.269 bits per heavy atom. The van der Waals surface area contributed by atoms with Crippen molar-refractivity contribution in [3.8, 4) is 55.9 Å². The van der Waals surface area contributed by atoms with Gasteiger partial charge in [0.1, 0.15) is 0 Å². The minimum absolute atomic E-state index is 0.901. The van der Waals surface area contributed by atoms with E-state index in [1.165, 1.54) is 27.1 Å². The molecule has 0 amide bonds. The summed E-state index contributed by atoms with van der Waals surface area (Å²) >= 11 is 0. The zero-order valence-electron chi connectivity index (χ0n) is 28.2. The maximum atomic E-state index is 5.49. The van der Waals surface area contributed by atoms with Gasteiger partial charge in [-0.25, -0.2) is 4.98 Å². The highest BCUT2D eigenvalue weighted by molar-refractivity contribution is 6.03. The zero-order chi connectivity index (χ0) is 34.4. The number of benzene rings is 7. The number of nitrogens with zero attached hydrogens (tertiary/aromatic N) is 3. The number of hydrogen-bond acceptors (Lipinski definition) is 3. The molecule has 10 aromatic rings. The van der Waals surface area contributed by atoms with E-state index in [4.69, 9.17) is 4.98 Å². The Bertz CT molecular complexity index is 2560. The van der Waals surface area contributed by atoms with E-state index in [0.29, 0.717) is 0 Å². The average molecular weight is 662 g/mol. The molecule has 0 fully saturated rings. The van der Waals surface area contributed by atoms with Gasteiger partial charge in [-0.05, 0) is 84.9 Å². The molecule has 3 nitrogen and oxygen atoms in total. The molecule has 0 radical (unpaired) electrons. The van der Waals surface area contributed by atoms with E-state index >= 15 is 0 Å². The minimum atomic E-state index is 0.901. The normalized spacial score (nSPS) is 11.5. The first kappa shape index (κ1) is 29.9. The first-order valence-corrected chi connectivity index (χ1v) is 17.6. The molecule has 0 aliphatic heterocycles. The Balaban J connectivity index is 1.28. The van der Waals surface area contributed by atoms with Crippen LogP contribution < -0.4 is 0 Å². The van der Waals surface area contributed by atoms with Crippen molar-refractivity contribution in [1.29, 1.82) is 0 Å². The molecular formula is C49H31N3. The molecule has 7 aromatic carbocycles. The summed E-state index contributed by atoms with van der Waals surface area (Å²) in [6, 6.07) is 58.4. The highest BCUT2D eigenvalue weighted by atomic mass is 14.7. The molecule has 0 spiro atoms. The standard InChI is InChI=1S/C49H31N3/c1-5-17-40-32(11-1)15-9-21-44(40)38-26-48(52-49(27-38)45-22-10-16-33-12-2-6-18-41(33)45)39-24-36(46-30-50-28-34-13-3-7-19-42(34)46)23-37(25-39)47-31-51-29-35-14-4-8-20-43(35)47/h1-31H. The van der Waals surface area contributed by atoms with Crippen molar-refractivity contribution < 1.29 is 0 Å². The summed E-state index contributed by atoms with van der Waals surface area (Å²) in [4.78, 5) is 14.9. The number of pyridine rings is 3. The molecule has 0 saturated heterocycles. The molecule has 3 heterocycles. The van der Waals surface area contributed by atoms with Crippen LogP contribution in [0, 0.1) is 0 Å². The first-order chi connectivity index (χ1) is 25.8. The maximum absolute atomic E-state index is 5.49. The van der Waals surface area contributed by atoms with Crippen molar-refractivity contribution in [1.82, 2.24) is 15.0 Å². The van der Waals surface area contributed by atoms with Gasteiger partial charge in [-0.15, -0.1) is 0 Å². The average Bonchev–Trinajstić information content (AvgIpc) is 3.22. The van der Waals surface area contributed by atoms with Crippen LogP contribution in [0.1, 0.15) is 0 Å². The molecule has 52 heavy (non-hydrogen) atoms. The molecule has 0 N–H and O–H groups in total. The number of rotatable bonds is 5. The van der Waals surface area contributed by atoms with Crippen molar-refractivity contribution in [2.24, 2.45) is 0 Å². The fourth-order valence-corrected chi connectivity index (χ4v) is 7.68. The highest BCUT2D eigenvalue weighted by Gasteiger charge is 2.17. The second kappa shape index (κ2) is 12.4. The van der Waals surface area contributed by atoms with Gasteiger partial charge in [-0.2, -0.15) is 0 Å². The summed E-state index contributed by atoms with van der Waals surface area (Å²) in [5.41, 5.74) is 10.6. The van der Waals surface area contributed by atoms with Crippen LogP contribution in [0.15, 0.2) is 189 Å². The lowest BCUT2D eigenvalue weighted by Gasteiger charge is -2.16. The fraction of sp³-hybridized carbons (Fsp3) is 0. The molecule has 0 bridgehead atoms. The lowest BCUT2D eigenvalue weighted by molar-refractivity contribution is 1.32. The summed E-state index contributed by atoms with van der Waals surface area (Å²) in [7, 11) is 0. The van der Waals surface area contributed by atoms with E-state index in [1.54, 1.807) is 0 Å². The highest BCUT2D eigenvalue weighted by Crippen LogP contribution is 2.40. The first-order valence-electron chi connectivity index (χ1n) is 17.6. The molecule has 0 saturated carbocycles. The summed E-state index contributed by atoms with van der Waals surface area (Å²) in [6.45, 7) is 0. The largest absolute Gasteiger partial charge is 0.263 e. The van der Waals surface area contributed by atoms with Crippen molar-refractivity contribution in [2.45, 2.75) is 0 Å². The molecule has 3 aromatic heterocycles. The van der Waals surface area contributed by atoms with Crippen LogP contribution in [0.3, 0.4) is 0 Å². The predicted octanol–water partition coefficient (Wildman–Crippen LogP) is 12.8. The third kappa shape index (κ3) is 5.19. The summed E-state index contributed by atoms with van der Waals surface area (Å²) in [5.74, 6) is 0. The number of hydrogen-bond donors (Lipinski definition) is 0. The van der Waals surface area contributed by atoms with Gasteiger partial charge >= 0.3 is 0 Å². The van der Waals surface area contributed by atoms with Gasteiger partial charge in [-0.3, -0.25) is 9.97 Å². The Labute approximate surface area is 301 Å². The van der Waals surface area contributed by atoms with Gasteiger partial charge in [-0.1, -0.05) is 133 Å². The topological polar surface area (TPSA) is 38.7 Å². The van der Waals surface area contributed by atoms with Crippen LogP contribution in [-0.4, -0.2) is 15.0 Å². The quantitative estimate of drug-likeness (QED) is 0.184. The Morgan fingerprint density at radius 2 is 0.673 bits per heavy atom. The maximum Gasteiger partial charge on any atom is 0.0721 e. The van der Waals surface area contributed by atoms with Gasteiger partial charge in [0, 0.05) is 57.8 Å². The van der Waals surface area contributed by atoms with Crippen molar-refractivity contribution in [3.63, 3.8) is 0 Å². The van der Waals surface area contributed by atoms with Gasteiger partial charge in [0.2, 0.25) is 0 Å². The molecule has 0 atom stereocenters. The smallest absolute Gasteiger partial charge is 0.0721 e. The Hall–Kier alpha value is -6.97. The monoisotopic (exact) mass is 661 g/mol. The van der Waals surface area contributed by atoms with Crippen molar-refractivity contribution >= 4 is 43.1 Å². The SMILES string of the molecule is c1ccc2c(-c3cc(-c4cc(-c5cncc6ccccc56)cc(-c5cncc6ccccc56)c4)nc(-c4cccc5ccccc45)c3)cccc2c1. The fourth-order valence-electron chi connectivity index (χ4n) is 7.68. The molecule has 3 heteroatoms. The van der Waals surface area contributed by atoms with E-state index in [1.807, 2.05) is 24.8 Å². The van der Waals surface area contributed by atoms with Crippen LogP contribution >= 0.6 is 0 Å². The third-order valence-electron chi connectivity index (χ3n) is 10.2. The third-order valence-corrected chi connectivity index (χ3v) is 10.2. The van der Waals surface area contributed by atoms with E-state index < -0.39 is 0 Å². The minimum Gasteiger partial charge on any atom is -0.263 e. The van der Waals surface area contributed by atoms with Crippen LogP contribution in [0.2, 0.25) is 0 Å². The van der Waals surface area contributed by atoms with Crippen LogP contribution in [0.25, 0.3) is 99.0 Å². The van der Waals surface area contributed by atoms with E-state index in [0.717, 1.165) is 71.9 Å². The summed E-state index contributed by atoms with van der Waals surface area (Å²) < 4.78 is 0. The van der Waals surface area contributed by atoms with Gasteiger partial charge in [0.25, 0.3) is 0 Å². The van der Waals surface area contributed by atoms with Crippen molar-refractivity contribution in [3.05, 3.63) is 189 Å². The summed E-state index contributed by atoms with van der Waals surface area (Å²) in [5, 5.41) is 9.31. The predicted molar refractivity (Wildman–Crippen MR) is 217 cm³/mol. The van der Waals surface area contributed by atoms with Gasteiger partial charge < -0.3 is 0 Å². The number of fused-ring (bicyclic) bond motifs is 4. The van der Waals surface area contributed by atoms with E-state index in [9.17, 15) is 0 Å². The van der Waals surface area contributed by atoms with Crippen LogP contribution in [-0.2, 0) is 0 Å². The Morgan fingerprint density at radius 3 is 1.25 bits per heavy atom. The second-order valence-electron chi connectivity index (χ2n) is 13.3. The van der Waals surface area contributed by atoms with E-state index in [-0.39, 0.29) is 0 Å².